The monoisotopic (exact) mass is 380 g/mol. The van der Waals surface area contributed by atoms with Crippen LogP contribution >= 0.6 is 0 Å². The highest BCUT2D eigenvalue weighted by atomic mass is 16.6. The van der Waals surface area contributed by atoms with Crippen molar-refractivity contribution in [2.24, 2.45) is 0 Å². The molecule has 1 aliphatic heterocycles. The van der Waals surface area contributed by atoms with E-state index in [0.717, 1.165) is 29.7 Å². The lowest BCUT2D eigenvalue weighted by molar-refractivity contribution is -0.385. The predicted molar refractivity (Wildman–Crippen MR) is 104 cm³/mol. The first-order valence-corrected chi connectivity index (χ1v) is 9.13. The molecule has 4 rings (SSSR count). The SMILES string of the molecule is COc1ccc(C(=O)N2CCC(c3nc4ccccc4[nH]3)CC2)cc1[N+](=O)[O-]. The van der Waals surface area contributed by atoms with Crippen molar-refractivity contribution < 1.29 is 14.5 Å². The highest BCUT2D eigenvalue weighted by molar-refractivity contribution is 5.95. The number of nitrogens with one attached hydrogen (secondary N) is 1. The average molecular weight is 380 g/mol. The van der Waals surface area contributed by atoms with E-state index < -0.39 is 4.92 Å². The first-order chi connectivity index (χ1) is 13.6. The van der Waals surface area contributed by atoms with E-state index in [1.807, 2.05) is 24.3 Å². The lowest BCUT2D eigenvalue weighted by Gasteiger charge is -2.31. The Bertz CT molecular complexity index is 1000. The Kier molecular flexibility index (Phi) is 4.68. The van der Waals surface area contributed by atoms with E-state index in [2.05, 4.69) is 9.97 Å². The minimum absolute atomic E-state index is 0.144. The zero-order valence-electron chi connectivity index (χ0n) is 15.4. The third-order valence-electron chi connectivity index (χ3n) is 5.20. The van der Waals surface area contributed by atoms with Crippen LogP contribution < -0.4 is 4.74 Å². The lowest BCUT2D eigenvalue weighted by Crippen LogP contribution is -2.38. The van der Waals surface area contributed by atoms with Gasteiger partial charge in [-0.15, -0.1) is 0 Å². The molecule has 2 heterocycles. The molecule has 0 aliphatic carbocycles. The molecular formula is C20H20N4O4. The highest BCUT2D eigenvalue weighted by Crippen LogP contribution is 2.31. The maximum Gasteiger partial charge on any atom is 0.311 e. The van der Waals surface area contributed by atoms with Gasteiger partial charge < -0.3 is 14.6 Å². The fraction of sp³-hybridized carbons (Fsp3) is 0.300. The number of rotatable bonds is 4. The number of fused-ring (bicyclic) bond motifs is 1. The van der Waals surface area contributed by atoms with Gasteiger partial charge in [-0.3, -0.25) is 14.9 Å². The van der Waals surface area contributed by atoms with Gasteiger partial charge in [0.1, 0.15) is 5.82 Å². The molecule has 144 valence electrons. The highest BCUT2D eigenvalue weighted by Gasteiger charge is 2.27. The number of para-hydroxylation sites is 2. The van der Waals surface area contributed by atoms with Crippen molar-refractivity contribution in [1.82, 2.24) is 14.9 Å². The van der Waals surface area contributed by atoms with E-state index in [0.29, 0.717) is 18.7 Å². The Labute approximate surface area is 161 Å². The maximum absolute atomic E-state index is 12.8. The number of hydrogen-bond acceptors (Lipinski definition) is 5. The Morgan fingerprint density at radius 1 is 1.25 bits per heavy atom. The topological polar surface area (TPSA) is 101 Å². The molecule has 2 aromatic carbocycles. The molecule has 1 fully saturated rings. The Balaban J connectivity index is 1.46. The number of amides is 1. The maximum atomic E-state index is 12.8. The van der Waals surface area contributed by atoms with Gasteiger partial charge in [0.05, 0.1) is 23.1 Å². The number of aromatic nitrogens is 2. The number of hydrogen-bond donors (Lipinski definition) is 1. The summed E-state index contributed by atoms with van der Waals surface area (Å²) in [5, 5.41) is 11.2. The number of likely N-dealkylation sites (tertiary alicyclic amines) is 1. The summed E-state index contributed by atoms with van der Waals surface area (Å²) >= 11 is 0. The summed E-state index contributed by atoms with van der Waals surface area (Å²) in [4.78, 5) is 33.2. The van der Waals surface area contributed by atoms with Gasteiger partial charge in [0.2, 0.25) is 0 Å². The molecule has 28 heavy (non-hydrogen) atoms. The first kappa shape index (κ1) is 18.0. The van der Waals surface area contributed by atoms with Crippen LogP contribution in [0.1, 0.15) is 34.9 Å². The molecule has 1 amide bonds. The normalized spacial score (nSPS) is 15.0. The number of aromatic amines is 1. The summed E-state index contributed by atoms with van der Waals surface area (Å²) < 4.78 is 5.00. The number of nitro benzene ring substituents is 1. The number of H-pyrrole nitrogens is 1. The molecule has 8 heteroatoms. The van der Waals surface area contributed by atoms with Crippen molar-refractivity contribution in [2.75, 3.05) is 20.2 Å². The number of methoxy groups -OCH3 is 1. The Morgan fingerprint density at radius 3 is 2.68 bits per heavy atom. The van der Waals surface area contributed by atoms with E-state index in [1.54, 1.807) is 11.0 Å². The number of benzene rings is 2. The number of imidazole rings is 1. The van der Waals surface area contributed by atoms with Gasteiger partial charge >= 0.3 is 5.69 Å². The summed E-state index contributed by atoms with van der Waals surface area (Å²) in [7, 11) is 1.37. The van der Waals surface area contributed by atoms with Crippen molar-refractivity contribution in [3.63, 3.8) is 0 Å². The molecule has 1 N–H and O–H groups in total. The second-order valence-electron chi connectivity index (χ2n) is 6.85. The lowest BCUT2D eigenvalue weighted by atomic mass is 9.95. The average Bonchev–Trinajstić information content (AvgIpc) is 3.17. The fourth-order valence-electron chi connectivity index (χ4n) is 3.67. The largest absolute Gasteiger partial charge is 0.490 e. The van der Waals surface area contributed by atoms with Gasteiger partial charge in [-0.2, -0.15) is 0 Å². The third kappa shape index (κ3) is 3.28. The van der Waals surface area contributed by atoms with Gasteiger partial charge in [-0.05, 0) is 37.1 Å². The Morgan fingerprint density at radius 2 is 2.00 bits per heavy atom. The molecule has 0 bridgehead atoms. The number of piperidine rings is 1. The molecule has 0 unspecified atom stereocenters. The minimum Gasteiger partial charge on any atom is -0.490 e. The number of carbonyl (C=O) groups is 1. The quantitative estimate of drug-likeness (QED) is 0.551. The van der Waals surface area contributed by atoms with E-state index in [1.165, 1.54) is 19.2 Å². The van der Waals surface area contributed by atoms with Gasteiger partial charge in [0, 0.05) is 30.6 Å². The third-order valence-corrected chi connectivity index (χ3v) is 5.20. The van der Waals surface area contributed by atoms with Crippen LogP contribution in [0.15, 0.2) is 42.5 Å². The standard InChI is InChI=1S/C20H20N4O4/c1-28-18-7-6-14(12-17(18)24(26)27)20(25)23-10-8-13(9-11-23)19-21-15-4-2-3-5-16(15)22-19/h2-7,12-13H,8-11H2,1H3,(H,21,22). The Hall–Kier alpha value is -3.42. The predicted octanol–water partition coefficient (Wildman–Crippen LogP) is 3.50. The van der Waals surface area contributed by atoms with Gasteiger partial charge in [0.15, 0.2) is 5.75 Å². The van der Waals surface area contributed by atoms with Gasteiger partial charge in [0.25, 0.3) is 5.91 Å². The molecule has 1 saturated heterocycles. The summed E-state index contributed by atoms with van der Waals surface area (Å²) in [6, 6.07) is 12.2. The van der Waals surface area contributed by atoms with Crippen molar-refractivity contribution in [1.29, 1.82) is 0 Å². The van der Waals surface area contributed by atoms with Crippen LogP contribution in [-0.2, 0) is 0 Å². The second-order valence-corrected chi connectivity index (χ2v) is 6.85. The van der Waals surface area contributed by atoms with E-state index >= 15 is 0 Å². The number of ether oxygens (including phenoxy) is 1. The number of nitrogens with zero attached hydrogens (tertiary/aromatic N) is 3. The molecule has 8 nitrogen and oxygen atoms in total. The van der Waals surface area contributed by atoms with Crippen molar-refractivity contribution in [3.8, 4) is 5.75 Å². The molecule has 0 radical (unpaired) electrons. The van der Waals surface area contributed by atoms with Crippen LogP contribution in [0.4, 0.5) is 5.69 Å². The summed E-state index contributed by atoms with van der Waals surface area (Å²) in [6.45, 7) is 1.17. The number of nitro groups is 1. The molecular weight excluding hydrogens is 360 g/mol. The molecule has 0 atom stereocenters. The summed E-state index contributed by atoms with van der Waals surface area (Å²) in [5.74, 6) is 1.16. The van der Waals surface area contributed by atoms with Crippen molar-refractivity contribution in [2.45, 2.75) is 18.8 Å². The zero-order valence-corrected chi connectivity index (χ0v) is 15.4. The first-order valence-electron chi connectivity index (χ1n) is 9.13. The van der Waals surface area contributed by atoms with Crippen LogP contribution in [0, 0.1) is 10.1 Å². The van der Waals surface area contributed by atoms with Crippen LogP contribution in [-0.4, -0.2) is 45.9 Å². The van der Waals surface area contributed by atoms with E-state index in [-0.39, 0.29) is 23.3 Å². The van der Waals surface area contributed by atoms with Gasteiger partial charge in [-0.25, -0.2) is 4.98 Å². The van der Waals surface area contributed by atoms with E-state index in [9.17, 15) is 14.9 Å². The van der Waals surface area contributed by atoms with Crippen LogP contribution in [0.25, 0.3) is 11.0 Å². The molecule has 0 spiro atoms. The van der Waals surface area contributed by atoms with Crippen LogP contribution in [0.5, 0.6) is 5.75 Å². The minimum atomic E-state index is -0.538. The summed E-state index contributed by atoms with van der Waals surface area (Å²) in [5.41, 5.74) is 2.06. The van der Waals surface area contributed by atoms with E-state index in [4.69, 9.17) is 4.74 Å². The van der Waals surface area contributed by atoms with Gasteiger partial charge in [-0.1, -0.05) is 12.1 Å². The van der Waals surface area contributed by atoms with Crippen molar-refractivity contribution in [3.05, 3.63) is 64.0 Å². The number of carbonyl (C=O) groups excluding carboxylic acids is 1. The van der Waals surface area contributed by atoms with Crippen LogP contribution in [0.2, 0.25) is 0 Å². The molecule has 3 aromatic rings. The second kappa shape index (κ2) is 7.30. The van der Waals surface area contributed by atoms with Crippen LogP contribution in [0.3, 0.4) is 0 Å². The molecule has 1 aromatic heterocycles. The fourth-order valence-corrected chi connectivity index (χ4v) is 3.67. The summed E-state index contributed by atoms with van der Waals surface area (Å²) in [6.07, 6.45) is 1.59. The molecule has 1 aliphatic rings. The zero-order chi connectivity index (χ0) is 19.7. The molecule has 0 saturated carbocycles. The smallest absolute Gasteiger partial charge is 0.311 e. The van der Waals surface area contributed by atoms with Crippen molar-refractivity contribution >= 4 is 22.6 Å².